The first-order valence-corrected chi connectivity index (χ1v) is 8.96. The van der Waals surface area contributed by atoms with Crippen LogP contribution in [-0.2, 0) is 16.6 Å². The summed E-state index contributed by atoms with van der Waals surface area (Å²) >= 11 is 5.83. The van der Waals surface area contributed by atoms with Gasteiger partial charge in [-0.1, -0.05) is 30.7 Å². The van der Waals surface area contributed by atoms with Crippen molar-refractivity contribution in [3.8, 4) is 0 Å². The summed E-state index contributed by atoms with van der Waals surface area (Å²) in [5, 5.41) is 3.86. The van der Waals surface area contributed by atoms with Gasteiger partial charge in [0.25, 0.3) is 0 Å². The van der Waals surface area contributed by atoms with Gasteiger partial charge >= 0.3 is 0 Å². The van der Waals surface area contributed by atoms with Crippen molar-refractivity contribution in [2.45, 2.75) is 19.9 Å². The zero-order chi connectivity index (χ0) is 16.0. The average molecular weight is 340 g/mol. The van der Waals surface area contributed by atoms with Crippen LogP contribution in [0.1, 0.15) is 18.9 Å². The van der Waals surface area contributed by atoms with Crippen LogP contribution in [0, 0.1) is 0 Å². The molecular formula is C15H18ClN3O2S. The molecule has 2 rings (SSSR count). The maximum atomic E-state index is 11.7. The summed E-state index contributed by atoms with van der Waals surface area (Å²) in [6.07, 6.45) is 2.07. The molecule has 0 amide bonds. The number of hydrogen-bond acceptors (Lipinski definition) is 4. The number of benzene rings is 1. The highest BCUT2D eigenvalue weighted by atomic mass is 35.5. The van der Waals surface area contributed by atoms with Crippen molar-refractivity contribution in [3.05, 3.63) is 53.2 Å². The second kappa shape index (κ2) is 7.47. The van der Waals surface area contributed by atoms with Gasteiger partial charge in [0, 0.05) is 11.6 Å². The molecule has 0 aliphatic rings. The van der Waals surface area contributed by atoms with E-state index in [-0.39, 0.29) is 5.75 Å². The topological polar surface area (TPSA) is 71.1 Å². The lowest BCUT2D eigenvalue weighted by molar-refractivity contribution is 0.600. The third kappa shape index (κ3) is 5.20. The molecule has 0 bridgehead atoms. The minimum atomic E-state index is -3.28. The van der Waals surface area contributed by atoms with Crippen molar-refractivity contribution < 1.29 is 8.42 Å². The fourth-order valence-electron chi connectivity index (χ4n) is 1.85. The second-order valence-corrected chi connectivity index (χ2v) is 7.11. The van der Waals surface area contributed by atoms with Crippen LogP contribution in [-0.4, -0.2) is 19.2 Å². The molecule has 0 spiro atoms. The Bertz CT molecular complexity index is 701. The molecule has 7 heteroatoms. The van der Waals surface area contributed by atoms with E-state index >= 15 is 0 Å². The molecule has 0 fully saturated rings. The molecule has 0 unspecified atom stereocenters. The Kier molecular flexibility index (Phi) is 5.63. The molecule has 0 saturated heterocycles. The summed E-state index contributed by atoms with van der Waals surface area (Å²) in [6.45, 7) is 2.44. The molecular weight excluding hydrogens is 322 g/mol. The van der Waals surface area contributed by atoms with Gasteiger partial charge in [0.05, 0.1) is 17.6 Å². The highest BCUT2D eigenvalue weighted by Crippen LogP contribution is 2.14. The van der Waals surface area contributed by atoms with Gasteiger partial charge in [-0.2, -0.15) is 0 Å². The Hall–Kier alpha value is -1.79. The molecule has 22 heavy (non-hydrogen) atoms. The van der Waals surface area contributed by atoms with Gasteiger partial charge in [-0.3, -0.25) is 4.72 Å². The molecule has 1 heterocycles. The molecule has 2 aromatic rings. The van der Waals surface area contributed by atoms with Crippen molar-refractivity contribution >= 4 is 33.1 Å². The minimum absolute atomic E-state index is 0.101. The number of nitrogens with one attached hydrogen (secondary N) is 2. The molecule has 1 aromatic heterocycles. The Morgan fingerprint density at radius 3 is 2.45 bits per heavy atom. The Labute approximate surface area is 135 Å². The van der Waals surface area contributed by atoms with Crippen LogP contribution in [0.25, 0.3) is 0 Å². The highest BCUT2D eigenvalue weighted by Gasteiger charge is 2.08. The van der Waals surface area contributed by atoms with Crippen molar-refractivity contribution in [2.24, 2.45) is 0 Å². The number of sulfonamides is 1. The Balaban J connectivity index is 1.93. The van der Waals surface area contributed by atoms with Gasteiger partial charge in [-0.15, -0.1) is 0 Å². The Morgan fingerprint density at radius 2 is 1.86 bits per heavy atom. The zero-order valence-corrected chi connectivity index (χ0v) is 13.8. The van der Waals surface area contributed by atoms with Crippen molar-refractivity contribution in [1.82, 2.24) is 4.98 Å². The van der Waals surface area contributed by atoms with Crippen LogP contribution < -0.4 is 10.0 Å². The first kappa shape index (κ1) is 16.6. The van der Waals surface area contributed by atoms with Crippen LogP contribution >= 0.6 is 11.6 Å². The van der Waals surface area contributed by atoms with Crippen LogP contribution in [0.15, 0.2) is 42.6 Å². The average Bonchev–Trinajstić information content (AvgIpc) is 2.48. The second-order valence-electron chi connectivity index (χ2n) is 4.83. The van der Waals surface area contributed by atoms with Gasteiger partial charge in [-0.25, -0.2) is 13.4 Å². The van der Waals surface area contributed by atoms with E-state index in [0.717, 1.165) is 5.56 Å². The smallest absolute Gasteiger partial charge is 0.232 e. The number of halogens is 1. The maximum Gasteiger partial charge on any atom is 0.232 e. The number of nitrogens with zero attached hydrogens (tertiary/aromatic N) is 1. The summed E-state index contributed by atoms with van der Waals surface area (Å²) in [6, 6.07) is 10.9. The predicted octanol–water partition coefficient (Wildman–Crippen LogP) is 3.50. The molecule has 5 nitrogen and oxygen atoms in total. The van der Waals surface area contributed by atoms with Gasteiger partial charge in [0.2, 0.25) is 10.0 Å². The number of anilines is 2. The molecule has 0 radical (unpaired) electrons. The summed E-state index contributed by atoms with van der Waals surface area (Å²) < 4.78 is 25.8. The van der Waals surface area contributed by atoms with Crippen molar-refractivity contribution in [3.63, 3.8) is 0 Å². The summed E-state index contributed by atoms with van der Waals surface area (Å²) in [7, 11) is -3.28. The van der Waals surface area contributed by atoms with Gasteiger partial charge in [-0.05, 0) is 36.2 Å². The molecule has 0 aliphatic heterocycles. The fraction of sp³-hybridized carbons (Fsp3) is 0.267. The predicted molar refractivity (Wildman–Crippen MR) is 90.7 cm³/mol. The van der Waals surface area contributed by atoms with Gasteiger partial charge < -0.3 is 5.32 Å². The van der Waals surface area contributed by atoms with Crippen LogP contribution in [0.2, 0.25) is 5.02 Å². The van der Waals surface area contributed by atoms with Gasteiger partial charge in [0.15, 0.2) is 0 Å². The Morgan fingerprint density at radius 1 is 1.14 bits per heavy atom. The maximum absolute atomic E-state index is 11.7. The SMILES string of the molecule is CCCS(=O)(=O)Nc1ccc(NCc2ccc(Cl)cc2)nc1. The summed E-state index contributed by atoms with van der Waals surface area (Å²) in [5.41, 5.74) is 1.55. The van der Waals surface area contributed by atoms with E-state index < -0.39 is 10.0 Å². The zero-order valence-electron chi connectivity index (χ0n) is 12.2. The van der Waals surface area contributed by atoms with E-state index in [1.54, 1.807) is 12.1 Å². The normalized spacial score (nSPS) is 11.2. The number of hydrogen-bond donors (Lipinski definition) is 2. The van der Waals surface area contributed by atoms with E-state index in [4.69, 9.17) is 11.6 Å². The molecule has 0 aliphatic carbocycles. The summed E-state index contributed by atoms with van der Waals surface area (Å²) in [4.78, 5) is 4.19. The molecule has 118 valence electrons. The van der Waals surface area contributed by atoms with E-state index in [9.17, 15) is 8.42 Å². The first-order valence-electron chi connectivity index (χ1n) is 6.93. The number of pyridine rings is 1. The number of aromatic nitrogens is 1. The molecule has 0 saturated carbocycles. The van der Waals surface area contributed by atoms with E-state index in [2.05, 4.69) is 15.0 Å². The van der Waals surface area contributed by atoms with E-state index in [1.807, 2.05) is 31.2 Å². The van der Waals surface area contributed by atoms with Crippen LogP contribution in [0.5, 0.6) is 0 Å². The first-order chi connectivity index (χ1) is 10.5. The molecule has 2 N–H and O–H groups in total. The molecule has 1 aromatic carbocycles. The quantitative estimate of drug-likeness (QED) is 0.810. The van der Waals surface area contributed by atoms with Crippen molar-refractivity contribution in [1.29, 1.82) is 0 Å². The standard InChI is InChI=1S/C15H18ClN3O2S/c1-2-9-22(20,21)19-14-7-8-15(18-11-14)17-10-12-3-5-13(16)6-4-12/h3-8,11,19H,2,9-10H2,1H3,(H,17,18). The lowest BCUT2D eigenvalue weighted by Crippen LogP contribution is -2.16. The third-order valence-electron chi connectivity index (χ3n) is 2.90. The molecule has 0 atom stereocenters. The minimum Gasteiger partial charge on any atom is -0.366 e. The van der Waals surface area contributed by atoms with Gasteiger partial charge in [0.1, 0.15) is 5.82 Å². The lowest BCUT2D eigenvalue weighted by Gasteiger charge is -2.09. The third-order valence-corrected chi connectivity index (χ3v) is 4.64. The number of rotatable bonds is 7. The van der Waals surface area contributed by atoms with E-state index in [0.29, 0.717) is 29.5 Å². The highest BCUT2D eigenvalue weighted by molar-refractivity contribution is 7.92. The largest absolute Gasteiger partial charge is 0.366 e. The fourth-order valence-corrected chi connectivity index (χ4v) is 3.10. The lowest BCUT2D eigenvalue weighted by atomic mass is 10.2. The van der Waals surface area contributed by atoms with Crippen LogP contribution in [0.3, 0.4) is 0 Å². The van der Waals surface area contributed by atoms with E-state index in [1.165, 1.54) is 6.20 Å². The van der Waals surface area contributed by atoms with Crippen molar-refractivity contribution in [2.75, 3.05) is 15.8 Å². The monoisotopic (exact) mass is 339 g/mol. The summed E-state index contributed by atoms with van der Waals surface area (Å²) in [5.74, 6) is 0.775. The van der Waals surface area contributed by atoms with Crippen LogP contribution in [0.4, 0.5) is 11.5 Å².